The highest BCUT2D eigenvalue weighted by Gasteiger charge is 2.34. The van der Waals surface area contributed by atoms with E-state index in [-0.39, 0.29) is 0 Å². The number of alkyl halides is 3. The lowest BCUT2D eigenvalue weighted by Crippen LogP contribution is -2.47. The lowest BCUT2D eigenvalue weighted by molar-refractivity contribution is -0.143. The second-order valence-electron chi connectivity index (χ2n) is 6.82. The molecular formula is C19H24F3NO4. The Bertz CT molecular complexity index is 676. The molecule has 0 aromatic heterocycles. The number of carbonyl (C=O) groups excluding carboxylic acids is 2. The first-order valence-electron chi connectivity index (χ1n) is 8.26. The average Bonchev–Trinajstić information content (AvgIpc) is 2.55. The molecule has 0 heterocycles. The number of allylic oxidation sites excluding steroid dienone is 1. The van der Waals surface area contributed by atoms with Crippen molar-refractivity contribution in [3.05, 3.63) is 47.5 Å². The molecule has 0 unspecified atom stereocenters. The number of hydrogen-bond donors (Lipinski definition) is 1. The Morgan fingerprint density at radius 1 is 1.11 bits per heavy atom. The van der Waals surface area contributed by atoms with Gasteiger partial charge in [-0.05, 0) is 45.4 Å². The van der Waals surface area contributed by atoms with Gasteiger partial charge in [-0.15, -0.1) is 0 Å². The number of ether oxygens (including phenoxy) is 2. The van der Waals surface area contributed by atoms with E-state index in [0.717, 1.165) is 19.2 Å². The fourth-order valence-corrected chi connectivity index (χ4v) is 2.37. The van der Waals surface area contributed by atoms with Crippen LogP contribution in [0.2, 0.25) is 0 Å². The van der Waals surface area contributed by atoms with E-state index in [1.54, 1.807) is 39.8 Å². The number of hydrogen-bond acceptors (Lipinski definition) is 4. The van der Waals surface area contributed by atoms with Gasteiger partial charge in [0.2, 0.25) is 0 Å². The Morgan fingerprint density at radius 3 is 2.07 bits per heavy atom. The van der Waals surface area contributed by atoms with Crippen LogP contribution >= 0.6 is 0 Å². The van der Waals surface area contributed by atoms with Gasteiger partial charge in [0.15, 0.2) is 0 Å². The van der Waals surface area contributed by atoms with Gasteiger partial charge in [0.05, 0.1) is 12.7 Å². The van der Waals surface area contributed by atoms with Gasteiger partial charge in [0, 0.05) is 5.92 Å². The van der Waals surface area contributed by atoms with Crippen LogP contribution in [0.1, 0.15) is 44.7 Å². The minimum absolute atomic E-state index is 0.410. The molecule has 1 amide bonds. The van der Waals surface area contributed by atoms with Gasteiger partial charge in [-0.25, -0.2) is 9.59 Å². The molecule has 5 nitrogen and oxygen atoms in total. The van der Waals surface area contributed by atoms with Crippen LogP contribution in [0.15, 0.2) is 36.4 Å². The van der Waals surface area contributed by atoms with E-state index in [4.69, 9.17) is 9.47 Å². The van der Waals surface area contributed by atoms with Crippen molar-refractivity contribution in [2.24, 2.45) is 0 Å². The number of benzene rings is 1. The number of methoxy groups -OCH3 is 1. The molecule has 1 N–H and O–H groups in total. The first-order valence-corrected chi connectivity index (χ1v) is 8.26. The second-order valence-corrected chi connectivity index (χ2v) is 6.82. The summed E-state index contributed by atoms with van der Waals surface area (Å²) >= 11 is 0. The van der Waals surface area contributed by atoms with E-state index < -0.39 is 41.4 Å². The van der Waals surface area contributed by atoms with E-state index in [1.165, 1.54) is 12.1 Å². The smallest absolute Gasteiger partial charge is 0.416 e. The molecule has 0 saturated heterocycles. The summed E-state index contributed by atoms with van der Waals surface area (Å²) in [7, 11) is 1.16. The number of esters is 1. The van der Waals surface area contributed by atoms with Crippen molar-refractivity contribution in [2.75, 3.05) is 7.11 Å². The summed E-state index contributed by atoms with van der Waals surface area (Å²) < 4.78 is 48.2. The summed E-state index contributed by atoms with van der Waals surface area (Å²) in [6.45, 7) is 6.69. The van der Waals surface area contributed by atoms with Gasteiger partial charge < -0.3 is 14.8 Å². The van der Waals surface area contributed by atoms with Gasteiger partial charge in [-0.3, -0.25) is 0 Å². The Kier molecular flexibility index (Phi) is 7.45. The van der Waals surface area contributed by atoms with Crippen molar-refractivity contribution in [1.29, 1.82) is 0 Å². The van der Waals surface area contributed by atoms with E-state index in [0.29, 0.717) is 5.56 Å². The lowest BCUT2D eigenvalue weighted by Gasteiger charge is -2.26. The third-order valence-corrected chi connectivity index (χ3v) is 3.51. The van der Waals surface area contributed by atoms with Crippen molar-refractivity contribution in [1.82, 2.24) is 5.32 Å². The fraction of sp³-hybridized carbons (Fsp3) is 0.474. The molecule has 1 aromatic carbocycles. The van der Waals surface area contributed by atoms with E-state index in [2.05, 4.69) is 5.32 Å². The van der Waals surface area contributed by atoms with Crippen LogP contribution in [0.3, 0.4) is 0 Å². The van der Waals surface area contributed by atoms with Crippen molar-refractivity contribution >= 4 is 12.1 Å². The third-order valence-electron chi connectivity index (χ3n) is 3.51. The van der Waals surface area contributed by atoms with Crippen LogP contribution in [0, 0.1) is 0 Å². The molecule has 0 radical (unpaired) electrons. The largest absolute Gasteiger partial charge is 0.467 e. The van der Waals surface area contributed by atoms with E-state index in [1.807, 2.05) is 0 Å². The van der Waals surface area contributed by atoms with E-state index in [9.17, 15) is 22.8 Å². The summed E-state index contributed by atoms with van der Waals surface area (Å²) in [6.07, 6.45) is -2.07. The molecule has 0 aliphatic rings. The Hall–Kier alpha value is -2.51. The van der Waals surface area contributed by atoms with Gasteiger partial charge in [-0.1, -0.05) is 24.3 Å². The molecule has 150 valence electrons. The van der Waals surface area contributed by atoms with Crippen molar-refractivity contribution < 1.29 is 32.2 Å². The number of rotatable bonds is 5. The van der Waals surface area contributed by atoms with Crippen molar-refractivity contribution in [3.8, 4) is 0 Å². The number of halogens is 3. The highest BCUT2D eigenvalue weighted by Crippen LogP contribution is 2.31. The molecule has 1 rings (SSSR count). The zero-order chi connectivity index (χ0) is 20.8. The van der Waals surface area contributed by atoms with Gasteiger partial charge in [0.1, 0.15) is 11.6 Å². The molecule has 0 fully saturated rings. The maximum Gasteiger partial charge on any atom is 0.416 e. The molecule has 27 heavy (non-hydrogen) atoms. The quantitative estimate of drug-likeness (QED) is 0.600. The highest BCUT2D eigenvalue weighted by molar-refractivity contribution is 5.83. The summed E-state index contributed by atoms with van der Waals surface area (Å²) in [4.78, 5) is 24.3. The summed E-state index contributed by atoms with van der Waals surface area (Å²) in [5, 5.41) is 2.44. The Labute approximate surface area is 156 Å². The van der Waals surface area contributed by atoms with E-state index >= 15 is 0 Å². The predicted molar refractivity (Wildman–Crippen MR) is 94.2 cm³/mol. The normalized spacial score (nSPS) is 14.5. The van der Waals surface area contributed by atoms with Crippen LogP contribution in [-0.4, -0.2) is 30.8 Å². The predicted octanol–water partition coefficient (Wildman–Crippen LogP) is 4.43. The van der Waals surface area contributed by atoms with Crippen LogP contribution < -0.4 is 5.32 Å². The fourth-order valence-electron chi connectivity index (χ4n) is 2.37. The average molecular weight is 387 g/mol. The topological polar surface area (TPSA) is 64.6 Å². The number of nitrogens with one attached hydrogen (secondary N) is 1. The van der Waals surface area contributed by atoms with Gasteiger partial charge >= 0.3 is 18.2 Å². The highest BCUT2D eigenvalue weighted by atomic mass is 19.4. The van der Waals surface area contributed by atoms with Crippen LogP contribution in [0.25, 0.3) is 0 Å². The monoisotopic (exact) mass is 387 g/mol. The molecule has 0 saturated carbocycles. The summed E-state index contributed by atoms with van der Waals surface area (Å²) in [6, 6.07) is 3.21. The molecule has 0 spiro atoms. The van der Waals surface area contributed by atoms with Crippen LogP contribution in [-0.2, 0) is 20.4 Å². The first kappa shape index (κ1) is 22.5. The molecule has 0 aliphatic carbocycles. The molecule has 0 aliphatic heterocycles. The van der Waals surface area contributed by atoms with Crippen LogP contribution in [0.5, 0.6) is 0 Å². The number of amides is 1. The minimum Gasteiger partial charge on any atom is -0.467 e. The Morgan fingerprint density at radius 2 is 1.67 bits per heavy atom. The molecule has 8 heteroatoms. The minimum atomic E-state index is -4.47. The molecule has 2 atom stereocenters. The van der Waals surface area contributed by atoms with Gasteiger partial charge in [0.25, 0.3) is 0 Å². The van der Waals surface area contributed by atoms with Crippen molar-refractivity contribution in [2.45, 2.75) is 51.4 Å². The lowest BCUT2D eigenvalue weighted by atomic mass is 9.90. The molecule has 1 aromatic rings. The standard InChI is InChI=1S/C19H24F3NO4/c1-6-7-14(12-8-10-13(11-9-12)19(20,21)22)15(16(24)26-5)23-17(25)27-18(2,3)4/h6-11,14-15H,1-5H3,(H,23,25)/t14-,15-/m1/s1. The first-order chi connectivity index (χ1) is 12.4. The van der Waals surface area contributed by atoms with Gasteiger partial charge in [-0.2, -0.15) is 13.2 Å². The maximum atomic E-state index is 12.8. The summed E-state index contributed by atoms with van der Waals surface area (Å²) in [5.74, 6) is -1.49. The zero-order valence-electron chi connectivity index (χ0n) is 15.9. The van der Waals surface area contributed by atoms with Crippen molar-refractivity contribution in [3.63, 3.8) is 0 Å². The molecular weight excluding hydrogens is 363 g/mol. The number of alkyl carbamates (subject to hydrolysis) is 1. The SMILES string of the molecule is CC=C[C@H](c1ccc(C(F)(F)F)cc1)[C@@H](NC(=O)OC(C)(C)C)C(=O)OC. The Balaban J connectivity index is 3.20. The second kappa shape index (κ2) is 8.92. The number of carbonyl (C=O) groups is 2. The van der Waals surface area contributed by atoms with Crippen LogP contribution in [0.4, 0.5) is 18.0 Å². The maximum absolute atomic E-state index is 12.8. The summed E-state index contributed by atoms with van der Waals surface area (Å²) in [5.41, 5.74) is -1.18. The third kappa shape index (κ3) is 6.96. The zero-order valence-corrected chi connectivity index (χ0v) is 15.9. The molecule has 0 bridgehead atoms.